The fourth-order valence-electron chi connectivity index (χ4n) is 5.66. The summed E-state index contributed by atoms with van der Waals surface area (Å²) in [4.78, 5) is 23.0. The van der Waals surface area contributed by atoms with Crippen LogP contribution in [0, 0.1) is 0 Å². The van der Waals surface area contributed by atoms with E-state index in [9.17, 15) is 4.79 Å². The third-order valence-electron chi connectivity index (χ3n) is 7.88. The minimum Gasteiger partial charge on any atom is -0.490 e. The van der Waals surface area contributed by atoms with Crippen LogP contribution in [-0.4, -0.2) is 42.2 Å². The molecule has 2 saturated heterocycles. The van der Waals surface area contributed by atoms with Crippen molar-refractivity contribution in [1.82, 2.24) is 4.90 Å². The number of amidine groups is 1. The summed E-state index contributed by atoms with van der Waals surface area (Å²) in [6, 6.07) is 26.4. The van der Waals surface area contributed by atoms with Crippen molar-refractivity contribution < 1.29 is 14.3 Å². The third-order valence-corrected chi connectivity index (χ3v) is 9.17. The number of thioether (sulfide) groups is 1. The largest absolute Gasteiger partial charge is 0.490 e. The van der Waals surface area contributed by atoms with Crippen LogP contribution in [0.5, 0.6) is 11.5 Å². The van der Waals surface area contributed by atoms with Gasteiger partial charge in [0.25, 0.3) is 5.91 Å². The summed E-state index contributed by atoms with van der Waals surface area (Å²) in [5.41, 5.74) is 3.88. The number of benzene rings is 4. The molecule has 0 aromatic heterocycles. The van der Waals surface area contributed by atoms with Gasteiger partial charge in [0, 0.05) is 25.3 Å². The molecule has 2 aliphatic rings. The molecular weight excluding hydrogens is 590 g/mol. The van der Waals surface area contributed by atoms with E-state index in [1.165, 1.54) is 36.7 Å². The Morgan fingerprint density at radius 1 is 0.932 bits per heavy atom. The SMILES string of the molecule is CCOc1cc(/C=C2\SC(=Nc3ccc(N4CCCCC4)cc3)N(CC)C2=O)cc(Cl)c1OCc1cccc2ccccc12. The Labute approximate surface area is 268 Å². The summed E-state index contributed by atoms with van der Waals surface area (Å²) < 4.78 is 12.2. The van der Waals surface area contributed by atoms with E-state index in [0.717, 1.165) is 40.7 Å². The zero-order valence-electron chi connectivity index (χ0n) is 25.1. The molecule has 4 aromatic carbocycles. The van der Waals surface area contributed by atoms with Crippen molar-refractivity contribution in [3.63, 3.8) is 0 Å². The lowest BCUT2D eigenvalue weighted by atomic mass is 10.1. The molecule has 0 saturated carbocycles. The maximum atomic E-state index is 13.4. The van der Waals surface area contributed by atoms with Gasteiger partial charge in [-0.2, -0.15) is 0 Å². The number of amides is 1. The quantitative estimate of drug-likeness (QED) is 0.174. The average molecular weight is 626 g/mol. The Morgan fingerprint density at radius 3 is 2.48 bits per heavy atom. The zero-order chi connectivity index (χ0) is 30.5. The van der Waals surface area contributed by atoms with Crippen LogP contribution in [0.3, 0.4) is 0 Å². The number of carbonyl (C=O) groups is 1. The summed E-state index contributed by atoms with van der Waals surface area (Å²) >= 11 is 8.15. The summed E-state index contributed by atoms with van der Waals surface area (Å²) in [6.45, 7) is 7.41. The maximum Gasteiger partial charge on any atom is 0.266 e. The van der Waals surface area contributed by atoms with Gasteiger partial charge in [-0.25, -0.2) is 4.99 Å². The second kappa shape index (κ2) is 13.8. The highest BCUT2D eigenvalue weighted by atomic mass is 35.5. The highest BCUT2D eigenvalue weighted by Crippen LogP contribution is 2.40. The number of aliphatic imine (C=N–C) groups is 1. The number of fused-ring (bicyclic) bond motifs is 1. The van der Waals surface area contributed by atoms with Gasteiger partial charge in [-0.3, -0.25) is 9.69 Å². The predicted molar refractivity (Wildman–Crippen MR) is 183 cm³/mol. The molecule has 2 heterocycles. The fraction of sp³-hybridized carbons (Fsp3) is 0.278. The van der Waals surface area contributed by atoms with Gasteiger partial charge in [0.15, 0.2) is 16.7 Å². The van der Waals surface area contributed by atoms with E-state index in [4.69, 9.17) is 26.1 Å². The lowest BCUT2D eigenvalue weighted by molar-refractivity contribution is -0.122. The van der Waals surface area contributed by atoms with Gasteiger partial charge in [0.1, 0.15) is 6.61 Å². The van der Waals surface area contributed by atoms with Gasteiger partial charge in [-0.15, -0.1) is 0 Å². The molecule has 0 N–H and O–H groups in total. The molecule has 0 radical (unpaired) electrons. The van der Waals surface area contributed by atoms with Gasteiger partial charge >= 0.3 is 0 Å². The van der Waals surface area contributed by atoms with Crippen LogP contribution in [0.15, 0.2) is 88.8 Å². The first-order chi connectivity index (χ1) is 21.5. The van der Waals surface area contributed by atoms with Gasteiger partial charge in [0.05, 0.1) is 22.2 Å². The maximum absolute atomic E-state index is 13.4. The molecule has 226 valence electrons. The minimum absolute atomic E-state index is 0.0773. The number of likely N-dealkylation sites (N-methyl/N-ethyl adjacent to an activating group) is 1. The molecule has 44 heavy (non-hydrogen) atoms. The molecule has 6 nitrogen and oxygen atoms in total. The van der Waals surface area contributed by atoms with Gasteiger partial charge in [0.2, 0.25) is 0 Å². The molecule has 0 unspecified atom stereocenters. The first-order valence-corrected chi connectivity index (χ1v) is 16.4. The van der Waals surface area contributed by atoms with E-state index in [1.807, 2.05) is 62.4 Å². The molecule has 8 heteroatoms. The molecule has 2 fully saturated rings. The van der Waals surface area contributed by atoms with Crippen LogP contribution in [0.2, 0.25) is 5.02 Å². The highest BCUT2D eigenvalue weighted by molar-refractivity contribution is 8.18. The number of piperidine rings is 1. The molecular formula is C36H36ClN3O3S. The molecule has 4 aromatic rings. The van der Waals surface area contributed by atoms with E-state index < -0.39 is 0 Å². The van der Waals surface area contributed by atoms with E-state index >= 15 is 0 Å². The number of nitrogens with zero attached hydrogens (tertiary/aromatic N) is 3. The summed E-state index contributed by atoms with van der Waals surface area (Å²) in [5.74, 6) is 0.948. The van der Waals surface area contributed by atoms with Crippen LogP contribution in [0.4, 0.5) is 11.4 Å². The van der Waals surface area contributed by atoms with Crippen molar-refractivity contribution in [2.45, 2.75) is 39.7 Å². The number of carbonyl (C=O) groups excluding carboxylic acids is 1. The molecule has 1 amide bonds. The van der Waals surface area contributed by atoms with Crippen molar-refractivity contribution in [3.05, 3.63) is 99.9 Å². The van der Waals surface area contributed by atoms with Crippen molar-refractivity contribution in [3.8, 4) is 11.5 Å². The number of rotatable bonds is 9. The van der Waals surface area contributed by atoms with Gasteiger partial charge in [-0.05, 0) is 109 Å². The molecule has 0 atom stereocenters. The topological polar surface area (TPSA) is 54.4 Å². The van der Waals surface area contributed by atoms with Crippen LogP contribution in [0.25, 0.3) is 16.8 Å². The Kier molecular flexibility index (Phi) is 9.43. The van der Waals surface area contributed by atoms with E-state index in [1.54, 1.807) is 4.90 Å². The van der Waals surface area contributed by atoms with Crippen molar-refractivity contribution in [2.24, 2.45) is 4.99 Å². The number of hydrogen-bond acceptors (Lipinski definition) is 6. The van der Waals surface area contributed by atoms with Crippen molar-refractivity contribution >= 4 is 62.7 Å². The third kappa shape index (κ3) is 6.59. The lowest BCUT2D eigenvalue weighted by Crippen LogP contribution is -2.29. The Balaban J connectivity index is 1.22. The van der Waals surface area contributed by atoms with Gasteiger partial charge < -0.3 is 14.4 Å². The van der Waals surface area contributed by atoms with Crippen molar-refractivity contribution in [2.75, 3.05) is 31.1 Å². The number of anilines is 1. The van der Waals surface area contributed by atoms with Crippen LogP contribution >= 0.6 is 23.4 Å². The number of halogens is 1. The first kappa shape index (κ1) is 30.1. The predicted octanol–water partition coefficient (Wildman–Crippen LogP) is 9.09. The molecule has 0 spiro atoms. The van der Waals surface area contributed by atoms with E-state index in [2.05, 4.69) is 41.3 Å². The molecule has 0 aliphatic carbocycles. The number of hydrogen-bond donors (Lipinski definition) is 0. The monoisotopic (exact) mass is 625 g/mol. The minimum atomic E-state index is -0.0773. The van der Waals surface area contributed by atoms with E-state index in [0.29, 0.717) is 46.4 Å². The molecule has 2 aliphatic heterocycles. The fourth-order valence-corrected chi connectivity index (χ4v) is 7.00. The smallest absolute Gasteiger partial charge is 0.266 e. The normalized spacial score (nSPS) is 17.2. The average Bonchev–Trinajstić information content (AvgIpc) is 3.34. The number of ether oxygens (including phenoxy) is 2. The van der Waals surface area contributed by atoms with E-state index in [-0.39, 0.29) is 5.91 Å². The molecule has 0 bridgehead atoms. The van der Waals surface area contributed by atoms with Gasteiger partial charge in [-0.1, -0.05) is 54.1 Å². The van der Waals surface area contributed by atoms with Crippen LogP contribution in [0.1, 0.15) is 44.2 Å². The Bertz CT molecular complexity index is 1710. The molecule has 6 rings (SSSR count). The summed E-state index contributed by atoms with van der Waals surface area (Å²) in [6.07, 6.45) is 5.63. The zero-order valence-corrected chi connectivity index (χ0v) is 26.7. The Hall–Kier alpha value is -3.94. The van der Waals surface area contributed by atoms with Crippen molar-refractivity contribution in [1.29, 1.82) is 0 Å². The summed E-state index contributed by atoms with van der Waals surface area (Å²) in [7, 11) is 0. The second-order valence-electron chi connectivity index (χ2n) is 10.8. The Morgan fingerprint density at radius 2 is 1.70 bits per heavy atom. The highest BCUT2D eigenvalue weighted by Gasteiger charge is 2.32. The van der Waals surface area contributed by atoms with Crippen LogP contribution < -0.4 is 14.4 Å². The standard InChI is InChI=1S/C36H36ClN3O3S/c1-3-40-35(41)33(44-36(40)38-28-15-17-29(18-16-28)39-19-8-5-9-20-39)23-25-21-31(37)34(32(22-25)42-4-2)43-24-27-13-10-12-26-11-6-7-14-30(26)27/h6-7,10-18,21-23H,3-5,8-9,19-20,24H2,1-2H3/b33-23-,38-36?. The first-order valence-electron chi connectivity index (χ1n) is 15.2. The summed E-state index contributed by atoms with van der Waals surface area (Å²) in [5, 5.41) is 3.39. The van der Waals surface area contributed by atoms with Crippen LogP contribution in [-0.2, 0) is 11.4 Å². The second-order valence-corrected chi connectivity index (χ2v) is 12.2. The lowest BCUT2D eigenvalue weighted by Gasteiger charge is -2.28.